The second kappa shape index (κ2) is 6.55. The minimum absolute atomic E-state index is 0.184. The molecule has 1 N–H and O–H groups in total. The van der Waals surface area contributed by atoms with Gasteiger partial charge in [-0.15, -0.1) is 0 Å². The molecule has 0 aliphatic heterocycles. The van der Waals surface area contributed by atoms with Crippen molar-refractivity contribution in [2.45, 2.75) is 45.1 Å². The van der Waals surface area contributed by atoms with E-state index in [1.807, 2.05) is 0 Å². The van der Waals surface area contributed by atoms with Crippen LogP contribution in [0.4, 0.5) is 9.52 Å². The summed E-state index contributed by atoms with van der Waals surface area (Å²) in [6.07, 6.45) is 1.19. The molecule has 1 aromatic heterocycles. The first kappa shape index (κ1) is 17.5. The number of thiazole rings is 1. The minimum Gasteiger partial charge on any atom is -0.459 e. The van der Waals surface area contributed by atoms with Gasteiger partial charge >= 0.3 is 5.97 Å². The van der Waals surface area contributed by atoms with E-state index in [0.717, 1.165) is 16.9 Å². The second-order valence-electron chi connectivity index (χ2n) is 6.43. The van der Waals surface area contributed by atoms with Gasteiger partial charge in [-0.25, -0.2) is 14.2 Å². The predicted octanol–water partition coefficient (Wildman–Crippen LogP) is 3.83. The van der Waals surface area contributed by atoms with Gasteiger partial charge in [-0.05, 0) is 51.3 Å². The van der Waals surface area contributed by atoms with Crippen LogP contribution in [0, 0.1) is 12.7 Å². The molecular weight excluding hydrogens is 343 g/mol. The van der Waals surface area contributed by atoms with Gasteiger partial charge in [-0.3, -0.25) is 4.79 Å². The van der Waals surface area contributed by atoms with Crippen LogP contribution in [0.1, 0.15) is 47.6 Å². The molecule has 0 atom stereocenters. The van der Waals surface area contributed by atoms with Crippen LogP contribution in [0.3, 0.4) is 0 Å². The molecule has 1 aliphatic carbocycles. The fourth-order valence-corrected chi connectivity index (χ4v) is 3.51. The fraction of sp³-hybridized carbons (Fsp3) is 0.389. The molecule has 1 saturated carbocycles. The molecule has 3 rings (SSSR count). The SMILES string of the molecule is Cc1nc(NC(=O)C2(c3ccc(F)cc3)CC2)sc1C(=O)OC(C)C. The molecule has 1 amide bonds. The lowest BCUT2D eigenvalue weighted by Crippen LogP contribution is -2.27. The zero-order valence-corrected chi connectivity index (χ0v) is 15.1. The van der Waals surface area contributed by atoms with Gasteiger partial charge in [0.2, 0.25) is 5.91 Å². The number of halogens is 1. The van der Waals surface area contributed by atoms with Gasteiger partial charge in [-0.1, -0.05) is 23.5 Å². The number of aromatic nitrogens is 1. The van der Waals surface area contributed by atoms with Crippen LogP contribution in [0.2, 0.25) is 0 Å². The number of ether oxygens (including phenoxy) is 1. The molecular formula is C18H19FN2O3S. The summed E-state index contributed by atoms with van der Waals surface area (Å²) in [7, 11) is 0. The van der Waals surface area contributed by atoms with Gasteiger partial charge in [0.05, 0.1) is 17.2 Å². The van der Waals surface area contributed by atoms with Crippen molar-refractivity contribution in [1.29, 1.82) is 0 Å². The normalized spacial score (nSPS) is 15.1. The van der Waals surface area contributed by atoms with Crippen LogP contribution in [-0.2, 0) is 14.9 Å². The molecule has 1 aliphatic rings. The van der Waals surface area contributed by atoms with Crippen molar-refractivity contribution in [3.8, 4) is 0 Å². The Balaban J connectivity index is 1.75. The van der Waals surface area contributed by atoms with Crippen molar-refractivity contribution in [1.82, 2.24) is 4.98 Å². The summed E-state index contributed by atoms with van der Waals surface area (Å²) in [5.41, 5.74) is 0.683. The maximum absolute atomic E-state index is 13.1. The van der Waals surface area contributed by atoms with E-state index in [0.29, 0.717) is 28.5 Å². The topological polar surface area (TPSA) is 68.3 Å². The van der Waals surface area contributed by atoms with E-state index < -0.39 is 11.4 Å². The molecule has 0 bridgehead atoms. The summed E-state index contributed by atoms with van der Waals surface area (Å²) in [6.45, 7) is 5.25. The fourth-order valence-electron chi connectivity index (χ4n) is 2.66. The first-order chi connectivity index (χ1) is 11.8. The Morgan fingerprint density at radius 1 is 1.28 bits per heavy atom. The molecule has 0 unspecified atom stereocenters. The Morgan fingerprint density at radius 2 is 1.92 bits per heavy atom. The maximum atomic E-state index is 13.1. The van der Waals surface area contributed by atoms with Gasteiger partial charge in [0, 0.05) is 0 Å². The van der Waals surface area contributed by atoms with E-state index in [-0.39, 0.29) is 17.8 Å². The summed E-state index contributed by atoms with van der Waals surface area (Å²) in [5.74, 6) is -0.953. The van der Waals surface area contributed by atoms with Crippen molar-refractivity contribution in [2.75, 3.05) is 5.32 Å². The number of nitrogens with one attached hydrogen (secondary N) is 1. The van der Waals surface area contributed by atoms with E-state index >= 15 is 0 Å². The lowest BCUT2D eigenvalue weighted by molar-refractivity contribution is -0.118. The van der Waals surface area contributed by atoms with Gasteiger partial charge in [0.15, 0.2) is 5.13 Å². The van der Waals surface area contributed by atoms with Crippen LogP contribution in [0.5, 0.6) is 0 Å². The Kier molecular flexibility index (Phi) is 4.60. The van der Waals surface area contributed by atoms with Crippen molar-refractivity contribution in [2.24, 2.45) is 0 Å². The van der Waals surface area contributed by atoms with E-state index in [9.17, 15) is 14.0 Å². The Labute approximate surface area is 149 Å². The highest BCUT2D eigenvalue weighted by molar-refractivity contribution is 7.17. The monoisotopic (exact) mass is 362 g/mol. The third-order valence-electron chi connectivity index (χ3n) is 4.13. The molecule has 2 aromatic rings. The number of rotatable bonds is 5. The molecule has 5 nitrogen and oxygen atoms in total. The van der Waals surface area contributed by atoms with E-state index in [4.69, 9.17) is 4.74 Å². The first-order valence-corrected chi connectivity index (χ1v) is 8.89. The lowest BCUT2D eigenvalue weighted by atomic mass is 9.95. The Bertz CT molecular complexity index is 810. The smallest absolute Gasteiger partial charge is 0.350 e. The third kappa shape index (κ3) is 3.56. The number of carbonyl (C=O) groups excluding carboxylic acids is 2. The van der Waals surface area contributed by atoms with Crippen molar-refractivity contribution in [3.63, 3.8) is 0 Å². The van der Waals surface area contributed by atoms with Crippen molar-refractivity contribution in [3.05, 3.63) is 46.2 Å². The molecule has 1 aromatic carbocycles. The summed E-state index contributed by atoms with van der Waals surface area (Å²) >= 11 is 1.10. The molecule has 1 fully saturated rings. The summed E-state index contributed by atoms with van der Waals surface area (Å²) in [4.78, 5) is 29.4. The number of hydrogen-bond acceptors (Lipinski definition) is 5. The molecule has 0 radical (unpaired) electrons. The lowest BCUT2D eigenvalue weighted by Gasteiger charge is -2.14. The number of benzene rings is 1. The van der Waals surface area contributed by atoms with E-state index in [1.165, 1.54) is 12.1 Å². The number of nitrogens with zero attached hydrogens (tertiary/aromatic N) is 1. The highest BCUT2D eigenvalue weighted by atomic mass is 32.1. The number of carbonyl (C=O) groups is 2. The highest BCUT2D eigenvalue weighted by Crippen LogP contribution is 2.49. The molecule has 7 heteroatoms. The zero-order valence-electron chi connectivity index (χ0n) is 14.3. The van der Waals surface area contributed by atoms with Gasteiger partial charge in [0.25, 0.3) is 0 Å². The highest BCUT2D eigenvalue weighted by Gasteiger charge is 2.51. The standard InChI is InChI=1S/C18H19FN2O3S/c1-10(2)24-15(22)14-11(3)20-17(25-14)21-16(23)18(8-9-18)12-4-6-13(19)7-5-12/h4-7,10H,8-9H2,1-3H3,(H,20,21,23). The first-order valence-electron chi connectivity index (χ1n) is 8.08. The predicted molar refractivity (Wildman–Crippen MR) is 93.3 cm³/mol. The van der Waals surface area contributed by atoms with E-state index in [1.54, 1.807) is 32.9 Å². The number of amides is 1. The van der Waals surface area contributed by atoms with Crippen LogP contribution >= 0.6 is 11.3 Å². The molecule has 1 heterocycles. The summed E-state index contributed by atoms with van der Waals surface area (Å²) in [5, 5.41) is 3.16. The van der Waals surface area contributed by atoms with Gasteiger partial charge < -0.3 is 10.1 Å². The van der Waals surface area contributed by atoms with Gasteiger partial charge in [0.1, 0.15) is 10.7 Å². The number of esters is 1. The third-order valence-corrected chi connectivity index (χ3v) is 5.18. The van der Waals surface area contributed by atoms with Gasteiger partial charge in [-0.2, -0.15) is 0 Å². The molecule has 132 valence electrons. The quantitative estimate of drug-likeness (QED) is 0.821. The summed E-state index contributed by atoms with van der Waals surface area (Å²) < 4.78 is 18.3. The molecule has 0 spiro atoms. The van der Waals surface area contributed by atoms with E-state index in [2.05, 4.69) is 10.3 Å². The van der Waals surface area contributed by atoms with Crippen molar-refractivity contribution >= 4 is 28.3 Å². The molecule has 25 heavy (non-hydrogen) atoms. The number of aryl methyl sites for hydroxylation is 1. The Hall–Kier alpha value is -2.28. The average molecular weight is 362 g/mol. The van der Waals surface area contributed by atoms with Crippen molar-refractivity contribution < 1.29 is 18.7 Å². The van der Waals surface area contributed by atoms with Crippen LogP contribution in [0.15, 0.2) is 24.3 Å². The minimum atomic E-state index is -0.633. The number of hydrogen-bond donors (Lipinski definition) is 1. The second-order valence-corrected chi connectivity index (χ2v) is 7.43. The van der Waals surface area contributed by atoms with Crippen LogP contribution in [0.25, 0.3) is 0 Å². The largest absolute Gasteiger partial charge is 0.459 e. The Morgan fingerprint density at radius 3 is 2.48 bits per heavy atom. The molecule has 0 saturated heterocycles. The maximum Gasteiger partial charge on any atom is 0.350 e. The zero-order chi connectivity index (χ0) is 18.2. The van der Waals surface area contributed by atoms with Crippen LogP contribution in [-0.4, -0.2) is 23.0 Å². The van der Waals surface area contributed by atoms with Crippen LogP contribution < -0.4 is 5.32 Å². The average Bonchev–Trinajstić information content (AvgIpc) is 3.26. The summed E-state index contributed by atoms with van der Waals surface area (Å²) in [6, 6.07) is 5.99. The number of anilines is 1.